The van der Waals surface area contributed by atoms with E-state index in [0.717, 1.165) is 27.8 Å². The number of anilines is 1. The molecule has 0 aromatic heterocycles. The van der Waals surface area contributed by atoms with Gasteiger partial charge in [-0.2, -0.15) is 5.26 Å². The fraction of sp³-hybridized carbons (Fsp3) is 0.261. The number of nitrogens with zero attached hydrogens (tertiary/aromatic N) is 2. The van der Waals surface area contributed by atoms with Gasteiger partial charge in [0.2, 0.25) is 0 Å². The average Bonchev–Trinajstić information content (AvgIpc) is 2.60. The fourth-order valence-electron chi connectivity index (χ4n) is 3.79. The summed E-state index contributed by atoms with van der Waals surface area (Å²) in [6, 6.07) is 14.2. The van der Waals surface area contributed by atoms with Crippen LogP contribution in [0.25, 0.3) is 17.2 Å². The van der Waals surface area contributed by atoms with Crippen LogP contribution in [0.3, 0.4) is 0 Å². The van der Waals surface area contributed by atoms with E-state index in [2.05, 4.69) is 66.7 Å². The van der Waals surface area contributed by atoms with Gasteiger partial charge in [-0.3, -0.25) is 0 Å². The first-order valence-electron chi connectivity index (χ1n) is 8.95. The van der Waals surface area contributed by atoms with Crippen LogP contribution in [0.4, 0.5) is 5.69 Å². The number of fused-ring (bicyclic) bond motifs is 1. The molecule has 0 saturated heterocycles. The highest BCUT2D eigenvalue weighted by Gasteiger charge is 2.30. The highest BCUT2D eigenvalue weighted by Crippen LogP contribution is 2.41. The van der Waals surface area contributed by atoms with Gasteiger partial charge in [-0.15, -0.1) is 0 Å². The van der Waals surface area contributed by atoms with Crippen molar-refractivity contribution in [3.63, 3.8) is 0 Å². The lowest BCUT2D eigenvalue weighted by Crippen LogP contribution is -2.44. The maximum atomic E-state index is 9.67. The Morgan fingerprint density at radius 1 is 1.30 bits per heavy atom. The van der Waals surface area contributed by atoms with Crippen molar-refractivity contribution in [2.45, 2.75) is 33.2 Å². The Balaban J connectivity index is 2.14. The third kappa shape index (κ3) is 3.83. The first-order chi connectivity index (χ1) is 12.8. The highest BCUT2D eigenvalue weighted by molar-refractivity contribution is 9.10. The van der Waals surface area contributed by atoms with Crippen molar-refractivity contribution in [3.8, 4) is 6.07 Å². The van der Waals surface area contributed by atoms with Crippen LogP contribution in [-0.2, 0) is 0 Å². The summed E-state index contributed by atoms with van der Waals surface area (Å²) in [6.07, 6.45) is 4.16. The van der Waals surface area contributed by atoms with Gasteiger partial charge in [0, 0.05) is 27.3 Å². The zero-order valence-corrected chi connectivity index (χ0v) is 18.3. The lowest BCUT2D eigenvalue weighted by molar-refractivity contribution is 0.566. The molecule has 0 radical (unpaired) electrons. The van der Waals surface area contributed by atoms with Crippen molar-refractivity contribution < 1.29 is 0 Å². The predicted octanol–water partition coefficient (Wildman–Crippen LogP) is 7.19. The molecule has 0 saturated carbocycles. The van der Waals surface area contributed by atoms with Gasteiger partial charge in [0.05, 0.1) is 17.2 Å². The summed E-state index contributed by atoms with van der Waals surface area (Å²) in [5.41, 5.74) is 5.79. The minimum atomic E-state index is -0.0549. The number of benzene rings is 2. The first-order valence-corrected chi connectivity index (χ1v) is 10.1. The number of nitriles is 1. The Morgan fingerprint density at radius 3 is 2.67 bits per heavy atom. The molecular weight excluding hydrogens is 420 g/mol. The molecule has 0 fully saturated rings. The van der Waals surface area contributed by atoms with Gasteiger partial charge in [0.15, 0.2) is 0 Å². The zero-order valence-electron chi connectivity index (χ0n) is 16.0. The lowest BCUT2D eigenvalue weighted by atomic mass is 9.87. The van der Waals surface area contributed by atoms with Crippen molar-refractivity contribution in [1.29, 1.82) is 5.26 Å². The monoisotopic (exact) mass is 440 g/mol. The molecule has 3 rings (SSSR count). The third-order valence-corrected chi connectivity index (χ3v) is 5.79. The molecule has 138 valence electrons. The van der Waals surface area contributed by atoms with Crippen molar-refractivity contribution >= 4 is 50.4 Å². The SMILES string of the molecule is CCN1c2cc(Cl)c(/C=C(\C#N)c3cccc(Br)c3)cc2C(C)=CC1(C)C. The molecule has 2 aromatic carbocycles. The van der Waals surface area contributed by atoms with Crippen LogP contribution >= 0.6 is 27.5 Å². The smallest absolute Gasteiger partial charge is 0.0998 e. The summed E-state index contributed by atoms with van der Waals surface area (Å²) in [7, 11) is 0. The standard InChI is InChI=1S/C23H22BrClN2/c1-5-27-22-12-21(25)17(11-20(22)15(2)13-23(27,3)4)9-18(14-26)16-7-6-8-19(24)10-16/h6-13H,5H2,1-4H3/b18-9+. The molecule has 0 atom stereocenters. The number of likely N-dealkylation sites (N-methyl/N-ethyl adjacent to an activating group) is 1. The minimum absolute atomic E-state index is 0.0549. The molecule has 0 bridgehead atoms. The molecule has 0 aliphatic carbocycles. The minimum Gasteiger partial charge on any atom is -0.363 e. The molecule has 0 unspecified atom stereocenters. The van der Waals surface area contributed by atoms with Gasteiger partial charge in [-0.05, 0) is 74.7 Å². The van der Waals surface area contributed by atoms with Crippen LogP contribution in [0.15, 0.2) is 46.9 Å². The van der Waals surface area contributed by atoms with Crippen molar-refractivity contribution in [3.05, 3.63) is 68.7 Å². The third-order valence-electron chi connectivity index (χ3n) is 4.97. The van der Waals surface area contributed by atoms with Crippen molar-refractivity contribution in [2.75, 3.05) is 11.4 Å². The number of rotatable bonds is 3. The fourth-order valence-corrected chi connectivity index (χ4v) is 4.41. The van der Waals surface area contributed by atoms with E-state index in [9.17, 15) is 5.26 Å². The molecular formula is C23H22BrClN2. The second kappa shape index (κ2) is 7.54. The summed E-state index contributed by atoms with van der Waals surface area (Å²) >= 11 is 10.1. The van der Waals surface area contributed by atoms with E-state index in [0.29, 0.717) is 10.6 Å². The molecule has 0 N–H and O–H groups in total. The Morgan fingerprint density at radius 2 is 2.04 bits per heavy atom. The molecule has 1 heterocycles. The summed E-state index contributed by atoms with van der Waals surface area (Å²) < 4.78 is 0.942. The first kappa shape index (κ1) is 19.7. The Bertz CT molecular complexity index is 996. The van der Waals surface area contributed by atoms with Gasteiger partial charge in [0.25, 0.3) is 0 Å². The molecule has 1 aliphatic heterocycles. The van der Waals surface area contributed by atoms with Crippen LogP contribution in [0.5, 0.6) is 0 Å². The largest absolute Gasteiger partial charge is 0.363 e. The summed E-state index contributed by atoms with van der Waals surface area (Å²) in [5, 5.41) is 10.3. The van der Waals surface area contributed by atoms with Crippen LogP contribution in [-0.4, -0.2) is 12.1 Å². The molecule has 4 heteroatoms. The zero-order chi connectivity index (χ0) is 19.8. The van der Waals surface area contributed by atoms with Crippen LogP contribution in [0, 0.1) is 11.3 Å². The summed E-state index contributed by atoms with van der Waals surface area (Å²) in [4.78, 5) is 2.36. The average molecular weight is 442 g/mol. The summed E-state index contributed by atoms with van der Waals surface area (Å²) in [5.74, 6) is 0. The predicted molar refractivity (Wildman–Crippen MR) is 120 cm³/mol. The quantitative estimate of drug-likeness (QED) is 0.372. The van der Waals surface area contributed by atoms with Crippen molar-refractivity contribution in [1.82, 2.24) is 0 Å². The van der Waals surface area contributed by atoms with Crippen LogP contribution < -0.4 is 4.90 Å². The number of halogens is 2. The Hall–Kier alpha value is -2.02. The second-order valence-corrected chi connectivity index (χ2v) is 8.62. The van der Waals surface area contributed by atoms with E-state index >= 15 is 0 Å². The van der Waals surface area contributed by atoms with E-state index in [1.165, 1.54) is 11.1 Å². The number of hydrogen-bond acceptors (Lipinski definition) is 2. The van der Waals surface area contributed by atoms with Gasteiger partial charge < -0.3 is 4.90 Å². The van der Waals surface area contributed by atoms with E-state index in [-0.39, 0.29) is 5.54 Å². The van der Waals surface area contributed by atoms with Crippen molar-refractivity contribution in [2.24, 2.45) is 0 Å². The summed E-state index contributed by atoms with van der Waals surface area (Å²) in [6.45, 7) is 9.62. The van der Waals surface area contributed by atoms with Gasteiger partial charge in [0.1, 0.15) is 0 Å². The van der Waals surface area contributed by atoms with Crippen LogP contribution in [0.2, 0.25) is 5.02 Å². The van der Waals surface area contributed by atoms with Gasteiger partial charge >= 0.3 is 0 Å². The van der Waals surface area contributed by atoms with E-state index < -0.39 is 0 Å². The maximum absolute atomic E-state index is 9.67. The Kier molecular flexibility index (Phi) is 5.51. The molecule has 0 amide bonds. The molecule has 2 aromatic rings. The van der Waals surface area contributed by atoms with E-state index in [1.807, 2.05) is 36.4 Å². The molecule has 2 nitrogen and oxygen atoms in total. The topological polar surface area (TPSA) is 27.0 Å². The normalized spacial score (nSPS) is 15.8. The molecule has 0 spiro atoms. The Labute approximate surface area is 174 Å². The lowest BCUT2D eigenvalue weighted by Gasteiger charge is -2.43. The highest BCUT2D eigenvalue weighted by atomic mass is 79.9. The van der Waals surface area contributed by atoms with Crippen LogP contribution in [0.1, 0.15) is 44.4 Å². The van der Waals surface area contributed by atoms with E-state index in [4.69, 9.17) is 11.6 Å². The maximum Gasteiger partial charge on any atom is 0.0998 e. The molecule has 27 heavy (non-hydrogen) atoms. The second-order valence-electron chi connectivity index (χ2n) is 7.30. The van der Waals surface area contributed by atoms with E-state index in [1.54, 1.807) is 0 Å². The molecule has 1 aliphatic rings. The van der Waals surface area contributed by atoms with Gasteiger partial charge in [-0.1, -0.05) is 45.7 Å². The van der Waals surface area contributed by atoms with Gasteiger partial charge in [-0.25, -0.2) is 0 Å². The number of hydrogen-bond donors (Lipinski definition) is 0. The number of allylic oxidation sites excluding steroid dienone is 2.